The summed E-state index contributed by atoms with van der Waals surface area (Å²) in [5.41, 5.74) is 3.01. The lowest BCUT2D eigenvalue weighted by molar-refractivity contribution is -0.384. The molecule has 0 fully saturated rings. The molecule has 3 aromatic carbocycles. The van der Waals surface area contributed by atoms with Crippen LogP contribution in [0.2, 0.25) is 0 Å². The molecular weight excluding hydrogens is 374 g/mol. The number of ether oxygens (including phenoxy) is 1. The summed E-state index contributed by atoms with van der Waals surface area (Å²) in [5, 5.41) is 10.9. The van der Waals surface area contributed by atoms with Gasteiger partial charge in [0.15, 0.2) is 0 Å². The minimum atomic E-state index is -0.389. The first-order valence-corrected chi connectivity index (χ1v) is 9.48. The highest BCUT2D eigenvalue weighted by molar-refractivity contribution is 7.98. The van der Waals surface area contributed by atoms with Crippen LogP contribution in [-0.4, -0.2) is 17.9 Å². The Hall–Kier alpha value is -3.32. The number of nitro groups is 1. The van der Waals surface area contributed by atoms with E-state index in [4.69, 9.17) is 9.13 Å². The zero-order valence-corrected chi connectivity index (χ0v) is 15.9. The van der Waals surface area contributed by atoms with Gasteiger partial charge in [-0.15, -0.1) is 0 Å². The summed E-state index contributed by atoms with van der Waals surface area (Å²) < 4.78 is 9.97. The van der Waals surface area contributed by atoms with Gasteiger partial charge in [0.2, 0.25) is 0 Å². The van der Waals surface area contributed by atoms with Gasteiger partial charge in [0.1, 0.15) is 17.0 Å². The van der Waals surface area contributed by atoms with Gasteiger partial charge in [-0.25, -0.2) is 0 Å². The van der Waals surface area contributed by atoms with Gasteiger partial charge in [-0.1, -0.05) is 18.2 Å². The SMILES string of the molecule is COc1ccc(C2=NSC(c3ccc([N+](=O)[O-])cc3)N2c2ccccc2)cc1. The maximum Gasteiger partial charge on any atom is 0.269 e. The number of amidine groups is 1. The molecule has 0 saturated heterocycles. The van der Waals surface area contributed by atoms with E-state index in [0.29, 0.717) is 0 Å². The number of anilines is 1. The summed E-state index contributed by atoms with van der Waals surface area (Å²) in [4.78, 5) is 12.7. The number of rotatable bonds is 5. The van der Waals surface area contributed by atoms with E-state index in [0.717, 1.165) is 28.4 Å². The largest absolute Gasteiger partial charge is 0.497 e. The third-order valence-electron chi connectivity index (χ3n) is 4.47. The van der Waals surface area contributed by atoms with Crippen LogP contribution in [0.1, 0.15) is 16.5 Å². The lowest BCUT2D eigenvalue weighted by Crippen LogP contribution is -2.30. The molecule has 140 valence electrons. The van der Waals surface area contributed by atoms with Gasteiger partial charge in [-0.05, 0) is 54.1 Å². The normalized spacial score (nSPS) is 16.0. The van der Waals surface area contributed by atoms with Crippen LogP contribution in [-0.2, 0) is 0 Å². The number of nitro benzene ring substituents is 1. The third kappa shape index (κ3) is 3.44. The molecule has 0 amide bonds. The minimum absolute atomic E-state index is 0.0781. The highest BCUT2D eigenvalue weighted by atomic mass is 32.2. The van der Waals surface area contributed by atoms with Crippen LogP contribution in [0.4, 0.5) is 11.4 Å². The fourth-order valence-corrected chi connectivity index (χ4v) is 4.04. The second kappa shape index (κ2) is 7.74. The van der Waals surface area contributed by atoms with E-state index in [1.165, 1.54) is 24.1 Å². The minimum Gasteiger partial charge on any atom is -0.497 e. The molecule has 1 aliphatic heterocycles. The Morgan fingerprint density at radius 3 is 2.29 bits per heavy atom. The summed E-state index contributed by atoms with van der Waals surface area (Å²) in [6.07, 6.45) is 0. The van der Waals surface area contributed by atoms with Crippen molar-refractivity contribution in [2.75, 3.05) is 12.0 Å². The molecule has 0 bridgehead atoms. The highest BCUT2D eigenvalue weighted by Crippen LogP contribution is 2.43. The van der Waals surface area contributed by atoms with Crippen LogP contribution in [0.3, 0.4) is 0 Å². The Morgan fingerprint density at radius 2 is 1.68 bits per heavy atom. The Kier molecular flexibility index (Phi) is 4.99. The van der Waals surface area contributed by atoms with Gasteiger partial charge in [-0.2, -0.15) is 4.40 Å². The molecule has 0 N–H and O–H groups in total. The van der Waals surface area contributed by atoms with Crippen molar-refractivity contribution < 1.29 is 9.66 Å². The summed E-state index contributed by atoms with van der Waals surface area (Å²) in [5.74, 6) is 1.62. The molecule has 0 spiro atoms. The maximum atomic E-state index is 11.0. The molecule has 1 heterocycles. The van der Waals surface area contributed by atoms with Crippen molar-refractivity contribution in [2.45, 2.75) is 5.37 Å². The first kappa shape index (κ1) is 18.1. The van der Waals surface area contributed by atoms with Crippen LogP contribution in [0, 0.1) is 10.1 Å². The zero-order valence-electron chi connectivity index (χ0n) is 15.1. The third-order valence-corrected chi connectivity index (χ3v) is 5.43. The molecule has 1 atom stereocenters. The van der Waals surface area contributed by atoms with Crippen molar-refractivity contribution in [3.05, 3.63) is 100 Å². The van der Waals surface area contributed by atoms with E-state index in [1.807, 2.05) is 54.6 Å². The molecule has 7 heteroatoms. The molecule has 0 radical (unpaired) electrons. The molecule has 1 aliphatic rings. The molecular formula is C21H17N3O3S. The number of nitrogens with zero attached hydrogens (tertiary/aromatic N) is 3. The highest BCUT2D eigenvalue weighted by Gasteiger charge is 2.32. The number of hydrogen-bond donors (Lipinski definition) is 0. The Morgan fingerprint density at radius 1 is 1.00 bits per heavy atom. The summed E-state index contributed by atoms with van der Waals surface area (Å²) in [6, 6.07) is 24.4. The summed E-state index contributed by atoms with van der Waals surface area (Å²) >= 11 is 1.44. The summed E-state index contributed by atoms with van der Waals surface area (Å²) in [7, 11) is 1.64. The van der Waals surface area contributed by atoms with Crippen LogP contribution in [0.15, 0.2) is 83.3 Å². The fraction of sp³-hybridized carbons (Fsp3) is 0.0952. The van der Waals surface area contributed by atoms with E-state index in [9.17, 15) is 10.1 Å². The number of methoxy groups -OCH3 is 1. The van der Waals surface area contributed by atoms with Crippen LogP contribution in [0.25, 0.3) is 0 Å². The Labute approximate surface area is 166 Å². The molecule has 4 rings (SSSR count). The zero-order chi connectivity index (χ0) is 19.5. The fourth-order valence-electron chi connectivity index (χ4n) is 3.05. The molecule has 6 nitrogen and oxygen atoms in total. The molecule has 0 aliphatic carbocycles. The van der Waals surface area contributed by atoms with Crippen LogP contribution < -0.4 is 9.64 Å². The second-order valence-electron chi connectivity index (χ2n) is 6.16. The topological polar surface area (TPSA) is 68.0 Å². The molecule has 3 aromatic rings. The van der Waals surface area contributed by atoms with Crippen molar-refractivity contribution in [1.82, 2.24) is 0 Å². The number of para-hydroxylation sites is 1. The van der Waals surface area contributed by atoms with Gasteiger partial charge in [0.25, 0.3) is 5.69 Å². The number of hydrogen-bond acceptors (Lipinski definition) is 6. The van der Waals surface area contributed by atoms with Crippen molar-refractivity contribution in [3.8, 4) is 5.75 Å². The maximum absolute atomic E-state index is 11.0. The lowest BCUT2D eigenvalue weighted by Gasteiger charge is -2.27. The molecule has 0 saturated carbocycles. The van der Waals surface area contributed by atoms with Gasteiger partial charge in [-0.3, -0.25) is 10.1 Å². The van der Waals surface area contributed by atoms with E-state index in [-0.39, 0.29) is 16.0 Å². The number of non-ortho nitro benzene ring substituents is 1. The Balaban J connectivity index is 1.72. The van der Waals surface area contributed by atoms with Crippen molar-refractivity contribution in [2.24, 2.45) is 4.40 Å². The van der Waals surface area contributed by atoms with Gasteiger partial charge in [0, 0.05) is 35.3 Å². The summed E-state index contributed by atoms with van der Waals surface area (Å²) in [6.45, 7) is 0. The van der Waals surface area contributed by atoms with E-state index in [2.05, 4.69) is 4.90 Å². The molecule has 1 unspecified atom stereocenters. The molecule has 0 aromatic heterocycles. The van der Waals surface area contributed by atoms with Crippen molar-refractivity contribution in [3.63, 3.8) is 0 Å². The van der Waals surface area contributed by atoms with Crippen molar-refractivity contribution >= 4 is 29.2 Å². The Bertz CT molecular complexity index is 1010. The van der Waals surface area contributed by atoms with Crippen LogP contribution in [0.5, 0.6) is 5.75 Å². The van der Waals surface area contributed by atoms with Crippen molar-refractivity contribution in [1.29, 1.82) is 0 Å². The van der Waals surface area contributed by atoms with Gasteiger partial charge >= 0.3 is 0 Å². The quantitative estimate of drug-likeness (QED) is 0.339. The predicted molar refractivity (Wildman–Crippen MR) is 112 cm³/mol. The van der Waals surface area contributed by atoms with E-state index in [1.54, 1.807) is 19.2 Å². The average molecular weight is 391 g/mol. The predicted octanol–water partition coefficient (Wildman–Crippen LogP) is 5.22. The van der Waals surface area contributed by atoms with Crippen LogP contribution >= 0.6 is 11.9 Å². The number of benzene rings is 3. The second-order valence-corrected chi connectivity index (χ2v) is 7.00. The standard InChI is InChI=1S/C21H17N3O3S/c1-27-19-13-9-15(10-14-19)20-22-28-21(23(20)17-5-3-2-4-6-17)16-7-11-18(12-8-16)24(25)26/h2-14,21H,1H3. The monoisotopic (exact) mass is 391 g/mol. The first-order chi connectivity index (χ1) is 13.7. The van der Waals surface area contributed by atoms with Gasteiger partial charge in [0.05, 0.1) is 12.0 Å². The van der Waals surface area contributed by atoms with E-state index >= 15 is 0 Å². The molecule has 28 heavy (non-hydrogen) atoms. The lowest BCUT2D eigenvalue weighted by atomic mass is 10.1. The average Bonchev–Trinajstić information content (AvgIpc) is 3.19. The van der Waals surface area contributed by atoms with Gasteiger partial charge < -0.3 is 9.64 Å². The first-order valence-electron chi connectivity index (χ1n) is 8.64. The smallest absolute Gasteiger partial charge is 0.269 e. The van der Waals surface area contributed by atoms with E-state index < -0.39 is 0 Å².